The molecule has 1 saturated heterocycles. The monoisotopic (exact) mass is 464 g/mol. The molecule has 1 aliphatic carbocycles. The van der Waals surface area contributed by atoms with E-state index in [0.717, 1.165) is 42.3 Å². The summed E-state index contributed by atoms with van der Waals surface area (Å²) in [6.45, 7) is 1.57. The molecule has 2 aromatic heterocycles. The van der Waals surface area contributed by atoms with Gasteiger partial charge >= 0.3 is 0 Å². The number of rotatable bonds is 5. The summed E-state index contributed by atoms with van der Waals surface area (Å²) < 4.78 is 1.59. The van der Waals surface area contributed by atoms with Crippen LogP contribution in [0.1, 0.15) is 52.9 Å². The first-order valence-corrected chi connectivity index (χ1v) is 12.5. The fourth-order valence-electron chi connectivity index (χ4n) is 4.85. The summed E-state index contributed by atoms with van der Waals surface area (Å²) in [5.74, 6) is -0.0274. The number of aryl methyl sites for hydroxylation is 3. The van der Waals surface area contributed by atoms with Gasteiger partial charge in [0.15, 0.2) is 0 Å². The molecule has 7 nitrogen and oxygen atoms in total. The highest BCUT2D eigenvalue weighted by Crippen LogP contribution is 2.33. The van der Waals surface area contributed by atoms with Gasteiger partial charge in [0.05, 0.1) is 11.7 Å². The topological polar surface area (TPSA) is 84.3 Å². The Morgan fingerprint density at radius 2 is 1.85 bits per heavy atom. The summed E-state index contributed by atoms with van der Waals surface area (Å²) in [5, 5.41) is 3.83. The minimum absolute atomic E-state index is 0.0190. The number of carbonyl (C=O) groups excluding carboxylic acids is 2. The summed E-state index contributed by atoms with van der Waals surface area (Å²) in [6, 6.07) is 9.25. The Bertz CT molecular complexity index is 1230. The Hall–Kier alpha value is -3.00. The van der Waals surface area contributed by atoms with Gasteiger partial charge in [-0.05, 0) is 56.2 Å². The van der Waals surface area contributed by atoms with Crippen LogP contribution in [0.3, 0.4) is 0 Å². The predicted octanol–water partition coefficient (Wildman–Crippen LogP) is 3.15. The van der Waals surface area contributed by atoms with E-state index in [4.69, 9.17) is 0 Å². The third kappa shape index (κ3) is 4.57. The lowest BCUT2D eigenvalue weighted by molar-refractivity contribution is -0.132. The molecule has 3 aromatic rings. The number of carbonyl (C=O) groups is 2. The molecule has 0 atom stereocenters. The smallest absolute Gasteiger partial charge is 0.262 e. The van der Waals surface area contributed by atoms with Gasteiger partial charge in [-0.15, -0.1) is 11.3 Å². The summed E-state index contributed by atoms with van der Waals surface area (Å²) in [4.78, 5) is 46.7. The molecule has 0 radical (unpaired) electrons. The number of amides is 2. The van der Waals surface area contributed by atoms with Crippen molar-refractivity contribution in [2.24, 2.45) is 0 Å². The van der Waals surface area contributed by atoms with Gasteiger partial charge in [-0.3, -0.25) is 19.0 Å². The second-order valence-electron chi connectivity index (χ2n) is 8.88. The first kappa shape index (κ1) is 21.8. The van der Waals surface area contributed by atoms with Crippen LogP contribution < -0.4 is 10.9 Å². The molecule has 0 unspecified atom stereocenters. The van der Waals surface area contributed by atoms with Gasteiger partial charge in [0.2, 0.25) is 5.91 Å². The highest BCUT2D eigenvalue weighted by molar-refractivity contribution is 7.18. The summed E-state index contributed by atoms with van der Waals surface area (Å²) in [6.07, 6.45) is 7.62. The summed E-state index contributed by atoms with van der Waals surface area (Å²) >= 11 is 1.64. The third-order valence-electron chi connectivity index (χ3n) is 6.73. The fourth-order valence-corrected chi connectivity index (χ4v) is 6.07. The Kier molecular flexibility index (Phi) is 6.26. The molecule has 8 heteroatoms. The Labute approximate surface area is 196 Å². The van der Waals surface area contributed by atoms with Crippen molar-refractivity contribution in [1.29, 1.82) is 0 Å². The van der Waals surface area contributed by atoms with Gasteiger partial charge in [0, 0.05) is 42.5 Å². The van der Waals surface area contributed by atoms with Crippen LogP contribution in [0.5, 0.6) is 0 Å². The fraction of sp³-hybridized carbons (Fsp3) is 0.440. The average molecular weight is 465 g/mol. The molecule has 0 spiro atoms. The Balaban J connectivity index is 1.16. The van der Waals surface area contributed by atoms with Crippen molar-refractivity contribution in [3.63, 3.8) is 0 Å². The van der Waals surface area contributed by atoms with Crippen LogP contribution >= 0.6 is 11.3 Å². The third-order valence-corrected chi connectivity index (χ3v) is 7.93. The molecular formula is C25H28N4O3S. The van der Waals surface area contributed by atoms with Gasteiger partial charge in [0.1, 0.15) is 4.83 Å². The van der Waals surface area contributed by atoms with Crippen molar-refractivity contribution in [3.05, 3.63) is 63.0 Å². The van der Waals surface area contributed by atoms with E-state index in [9.17, 15) is 14.4 Å². The quantitative estimate of drug-likeness (QED) is 0.629. The number of nitrogens with one attached hydrogen (secondary N) is 1. The van der Waals surface area contributed by atoms with Crippen LogP contribution in [0.2, 0.25) is 0 Å². The van der Waals surface area contributed by atoms with Crippen LogP contribution in [0.25, 0.3) is 10.2 Å². The van der Waals surface area contributed by atoms with Crippen molar-refractivity contribution in [2.45, 2.75) is 57.5 Å². The van der Waals surface area contributed by atoms with Crippen LogP contribution in [-0.2, 0) is 24.2 Å². The lowest BCUT2D eigenvalue weighted by Crippen LogP contribution is -2.46. The number of hydrogen-bond acceptors (Lipinski definition) is 5. The van der Waals surface area contributed by atoms with Gasteiger partial charge in [0.25, 0.3) is 11.5 Å². The van der Waals surface area contributed by atoms with E-state index in [1.54, 1.807) is 34.4 Å². The number of piperidine rings is 1. The maximum Gasteiger partial charge on any atom is 0.262 e. The van der Waals surface area contributed by atoms with E-state index in [0.29, 0.717) is 25.2 Å². The van der Waals surface area contributed by atoms with E-state index in [1.807, 2.05) is 23.1 Å². The number of thiophene rings is 1. The van der Waals surface area contributed by atoms with Crippen molar-refractivity contribution < 1.29 is 9.59 Å². The molecule has 5 rings (SSSR count). The zero-order valence-corrected chi connectivity index (χ0v) is 19.4. The first-order valence-electron chi connectivity index (χ1n) is 11.7. The Morgan fingerprint density at radius 3 is 2.64 bits per heavy atom. The van der Waals surface area contributed by atoms with E-state index in [2.05, 4.69) is 10.3 Å². The lowest BCUT2D eigenvalue weighted by Gasteiger charge is -2.32. The normalized spacial score (nSPS) is 16.5. The second kappa shape index (κ2) is 9.47. The van der Waals surface area contributed by atoms with Gasteiger partial charge in [-0.2, -0.15) is 0 Å². The van der Waals surface area contributed by atoms with E-state index in [-0.39, 0.29) is 29.8 Å². The zero-order chi connectivity index (χ0) is 22.8. The molecule has 1 aromatic carbocycles. The maximum absolute atomic E-state index is 13.1. The predicted molar refractivity (Wildman–Crippen MR) is 129 cm³/mol. The van der Waals surface area contributed by atoms with E-state index in [1.165, 1.54) is 16.9 Å². The maximum atomic E-state index is 13.1. The molecular weight excluding hydrogens is 436 g/mol. The number of aromatic nitrogens is 2. The van der Waals surface area contributed by atoms with Crippen molar-refractivity contribution in [2.75, 3.05) is 13.1 Å². The number of likely N-dealkylation sites (tertiary alicyclic amines) is 1. The minimum Gasteiger partial charge on any atom is -0.349 e. The average Bonchev–Trinajstić information content (AvgIpc) is 3.24. The number of nitrogens with zero attached hydrogens (tertiary/aromatic N) is 3. The molecule has 1 fully saturated rings. The van der Waals surface area contributed by atoms with Gasteiger partial charge in [-0.1, -0.05) is 18.2 Å². The molecule has 2 aliphatic rings. The molecule has 33 heavy (non-hydrogen) atoms. The number of hydrogen-bond donors (Lipinski definition) is 1. The molecule has 1 aliphatic heterocycles. The first-order chi connectivity index (χ1) is 16.1. The largest absolute Gasteiger partial charge is 0.349 e. The van der Waals surface area contributed by atoms with Crippen LogP contribution in [0.4, 0.5) is 0 Å². The molecule has 172 valence electrons. The molecule has 3 heterocycles. The molecule has 1 N–H and O–H groups in total. The van der Waals surface area contributed by atoms with Crippen molar-refractivity contribution >= 4 is 33.4 Å². The highest BCUT2D eigenvalue weighted by atomic mass is 32.1. The van der Waals surface area contributed by atoms with Crippen molar-refractivity contribution in [3.8, 4) is 0 Å². The van der Waals surface area contributed by atoms with Gasteiger partial charge < -0.3 is 10.2 Å². The number of fused-ring (bicyclic) bond motifs is 3. The van der Waals surface area contributed by atoms with Gasteiger partial charge in [-0.25, -0.2) is 4.98 Å². The lowest BCUT2D eigenvalue weighted by atomic mass is 9.97. The standard InChI is InChI=1S/C25H28N4O3S/c30-21(28-13-10-18(11-14-28)27-23(31)17-6-2-1-3-7-17)12-15-29-16-26-24-22(25(29)32)19-8-4-5-9-20(19)33-24/h1-3,6-7,16,18H,4-5,8-15H2,(H,27,31). The van der Waals surface area contributed by atoms with Crippen LogP contribution in [0.15, 0.2) is 41.5 Å². The number of benzene rings is 1. The SMILES string of the molecule is O=C(NC1CCN(C(=O)CCn2cnc3sc4c(c3c2=O)CCCC4)CC1)c1ccccc1. The van der Waals surface area contributed by atoms with Crippen LogP contribution in [0, 0.1) is 0 Å². The zero-order valence-electron chi connectivity index (χ0n) is 18.6. The summed E-state index contributed by atoms with van der Waals surface area (Å²) in [7, 11) is 0. The van der Waals surface area contributed by atoms with E-state index < -0.39 is 0 Å². The van der Waals surface area contributed by atoms with Crippen molar-refractivity contribution in [1.82, 2.24) is 19.8 Å². The van der Waals surface area contributed by atoms with Crippen LogP contribution in [-0.4, -0.2) is 45.4 Å². The Morgan fingerprint density at radius 1 is 1.09 bits per heavy atom. The minimum atomic E-state index is -0.0711. The molecule has 2 amide bonds. The summed E-state index contributed by atoms with van der Waals surface area (Å²) in [5.41, 5.74) is 1.81. The molecule has 0 bridgehead atoms. The highest BCUT2D eigenvalue weighted by Gasteiger charge is 2.25. The van der Waals surface area contributed by atoms with E-state index >= 15 is 0 Å². The second-order valence-corrected chi connectivity index (χ2v) is 9.96. The molecule has 0 saturated carbocycles.